The van der Waals surface area contributed by atoms with Crippen molar-refractivity contribution >= 4 is 22.4 Å². The summed E-state index contributed by atoms with van der Waals surface area (Å²) in [5, 5.41) is 9.11. The van der Waals surface area contributed by atoms with Crippen LogP contribution in [0.4, 0.5) is 5.13 Å². The largest absolute Gasteiger partial charge is 0.357 e. The minimum Gasteiger partial charge on any atom is -0.357 e. The number of aryl methyl sites for hydroxylation is 1. The standard InChI is InChI=1S/C9H13N3OS/c1-6-5-14-9(11-6)12-7-2-3-8(13)10-4-7/h5,7H,2-4H2,1H3,(H,10,13)(H,11,12). The monoisotopic (exact) mass is 211 g/mol. The lowest BCUT2D eigenvalue weighted by Gasteiger charge is -2.22. The molecular formula is C9H13N3OS. The molecule has 1 aromatic heterocycles. The van der Waals surface area contributed by atoms with Gasteiger partial charge in [-0.1, -0.05) is 0 Å². The van der Waals surface area contributed by atoms with E-state index in [1.165, 1.54) is 0 Å². The molecule has 1 fully saturated rings. The average Bonchev–Trinajstić information content (AvgIpc) is 2.56. The number of thiazole rings is 1. The zero-order chi connectivity index (χ0) is 9.97. The van der Waals surface area contributed by atoms with Crippen LogP contribution in [0.15, 0.2) is 5.38 Å². The first-order valence-electron chi connectivity index (χ1n) is 4.69. The highest BCUT2D eigenvalue weighted by Crippen LogP contribution is 2.17. The van der Waals surface area contributed by atoms with E-state index in [1.807, 2.05) is 12.3 Å². The van der Waals surface area contributed by atoms with Gasteiger partial charge in [-0.15, -0.1) is 11.3 Å². The minimum atomic E-state index is 0.151. The van der Waals surface area contributed by atoms with Gasteiger partial charge in [0.05, 0.1) is 5.69 Å². The van der Waals surface area contributed by atoms with Gasteiger partial charge >= 0.3 is 0 Å². The molecule has 0 radical (unpaired) electrons. The summed E-state index contributed by atoms with van der Waals surface area (Å²) >= 11 is 1.61. The lowest BCUT2D eigenvalue weighted by molar-refractivity contribution is -0.122. The van der Waals surface area contributed by atoms with E-state index in [0.717, 1.165) is 17.2 Å². The van der Waals surface area contributed by atoms with Gasteiger partial charge in [0.15, 0.2) is 5.13 Å². The molecule has 5 heteroatoms. The van der Waals surface area contributed by atoms with Crippen molar-refractivity contribution in [2.24, 2.45) is 0 Å². The summed E-state index contributed by atoms with van der Waals surface area (Å²) in [5.74, 6) is 0.151. The molecule has 0 bridgehead atoms. The number of rotatable bonds is 2. The molecular weight excluding hydrogens is 198 g/mol. The van der Waals surface area contributed by atoms with Crippen molar-refractivity contribution < 1.29 is 4.79 Å². The van der Waals surface area contributed by atoms with Crippen LogP contribution in [-0.2, 0) is 4.79 Å². The molecule has 1 aliphatic rings. The molecule has 1 aromatic rings. The summed E-state index contributed by atoms with van der Waals surface area (Å²) in [6.07, 6.45) is 1.51. The van der Waals surface area contributed by atoms with Gasteiger partial charge in [-0.3, -0.25) is 4.79 Å². The molecule has 1 atom stereocenters. The second-order valence-electron chi connectivity index (χ2n) is 3.48. The predicted molar refractivity (Wildman–Crippen MR) is 56.5 cm³/mol. The third-order valence-electron chi connectivity index (χ3n) is 2.21. The van der Waals surface area contributed by atoms with Crippen molar-refractivity contribution in [1.82, 2.24) is 10.3 Å². The molecule has 76 valence electrons. The Bertz CT molecular complexity index is 327. The van der Waals surface area contributed by atoms with Crippen LogP contribution in [-0.4, -0.2) is 23.5 Å². The Labute approximate surface area is 86.7 Å². The van der Waals surface area contributed by atoms with Crippen molar-refractivity contribution in [3.8, 4) is 0 Å². The van der Waals surface area contributed by atoms with Crippen molar-refractivity contribution in [2.75, 3.05) is 11.9 Å². The van der Waals surface area contributed by atoms with E-state index in [4.69, 9.17) is 0 Å². The number of hydrogen-bond donors (Lipinski definition) is 2. The molecule has 1 saturated heterocycles. The number of carbonyl (C=O) groups excluding carboxylic acids is 1. The molecule has 14 heavy (non-hydrogen) atoms. The Morgan fingerprint density at radius 1 is 1.71 bits per heavy atom. The fourth-order valence-corrected chi connectivity index (χ4v) is 2.22. The summed E-state index contributed by atoms with van der Waals surface area (Å²) < 4.78 is 0. The normalized spacial score (nSPS) is 21.8. The van der Waals surface area contributed by atoms with Gasteiger partial charge in [-0.05, 0) is 13.3 Å². The number of anilines is 1. The second kappa shape index (κ2) is 3.96. The molecule has 1 aliphatic heterocycles. The number of aromatic nitrogens is 1. The van der Waals surface area contributed by atoms with Crippen molar-refractivity contribution in [3.63, 3.8) is 0 Å². The van der Waals surface area contributed by atoms with Gasteiger partial charge in [-0.2, -0.15) is 0 Å². The van der Waals surface area contributed by atoms with E-state index in [1.54, 1.807) is 11.3 Å². The van der Waals surface area contributed by atoms with Crippen LogP contribution < -0.4 is 10.6 Å². The van der Waals surface area contributed by atoms with Gasteiger partial charge in [0.1, 0.15) is 0 Å². The maximum atomic E-state index is 10.9. The molecule has 2 rings (SSSR count). The first-order valence-corrected chi connectivity index (χ1v) is 5.57. The Kier molecular flexibility index (Phi) is 2.67. The molecule has 0 saturated carbocycles. The molecule has 0 aliphatic carbocycles. The highest BCUT2D eigenvalue weighted by molar-refractivity contribution is 7.13. The topological polar surface area (TPSA) is 54.0 Å². The van der Waals surface area contributed by atoms with Gasteiger partial charge in [0, 0.05) is 24.4 Å². The Morgan fingerprint density at radius 2 is 2.57 bits per heavy atom. The van der Waals surface area contributed by atoms with E-state index in [9.17, 15) is 4.79 Å². The third kappa shape index (κ3) is 2.23. The smallest absolute Gasteiger partial charge is 0.220 e. The van der Waals surface area contributed by atoms with Crippen LogP contribution in [0.3, 0.4) is 0 Å². The zero-order valence-electron chi connectivity index (χ0n) is 8.04. The van der Waals surface area contributed by atoms with Crippen LogP contribution in [0.25, 0.3) is 0 Å². The van der Waals surface area contributed by atoms with E-state index >= 15 is 0 Å². The quantitative estimate of drug-likeness (QED) is 0.771. The number of piperidine rings is 1. The fraction of sp³-hybridized carbons (Fsp3) is 0.556. The Balaban J connectivity index is 1.89. The van der Waals surface area contributed by atoms with E-state index in [2.05, 4.69) is 15.6 Å². The van der Waals surface area contributed by atoms with Gasteiger partial charge < -0.3 is 10.6 Å². The molecule has 4 nitrogen and oxygen atoms in total. The number of hydrogen-bond acceptors (Lipinski definition) is 4. The van der Waals surface area contributed by atoms with E-state index in [-0.39, 0.29) is 5.91 Å². The van der Waals surface area contributed by atoms with E-state index < -0.39 is 0 Å². The number of carbonyl (C=O) groups is 1. The van der Waals surface area contributed by atoms with Crippen molar-refractivity contribution in [2.45, 2.75) is 25.8 Å². The first kappa shape index (κ1) is 9.45. The molecule has 0 spiro atoms. The SMILES string of the molecule is Cc1csc(NC2CCC(=O)NC2)n1. The highest BCUT2D eigenvalue weighted by Gasteiger charge is 2.18. The van der Waals surface area contributed by atoms with Crippen LogP contribution in [0.1, 0.15) is 18.5 Å². The maximum absolute atomic E-state index is 10.9. The van der Waals surface area contributed by atoms with E-state index in [0.29, 0.717) is 19.0 Å². The highest BCUT2D eigenvalue weighted by atomic mass is 32.1. The lowest BCUT2D eigenvalue weighted by Crippen LogP contribution is -2.41. The van der Waals surface area contributed by atoms with Crippen molar-refractivity contribution in [1.29, 1.82) is 0 Å². The summed E-state index contributed by atoms with van der Waals surface area (Å²) in [5.41, 5.74) is 1.04. The summed E-state index contributed by atoms with van der Waals surface area (Å²) in [4.78, 5) is 15.2. The summed E-state index contributed by atoms with van der Waals surface area (Å²) in [6, 6.07) is 0.332. The lowest BCUT2D eigenvalue weighted by atomic mass is 10.1. The summed E-state index contributed by atoms with van der Waals surface area (Å²) in [6.45, 7) is 2.68. The number of nitrogens with zero attached hydrogens (tertiary/aromatic N) is 1. The van der Waals surface area contributed by atoms with Crippen LogP contribution >= 0.6 is 11.3 Å². The Morgan fingerprint density at radius 3 is 3.14 bits per heavy atom. The third-order valence-corrected chi connectivity index (χ3v) is 3.10. The van der Waals surface area contributed by atoms with Gasteiger partial charge in [-0.25, -0.2) is 4.98 Å². The number of amides is 1. The minimum absolute atomic E-state index is 0.151. The number of nitrogens with one attached hydrogen (secondary N) is 2. The maximum Gasteiger partial charge on any atom is 0.220 e. The zero-order valence-corrected chi connectivity index (χ0v) is 8.86. The molecule has 2 N–H and O–H groups in total. The van der Waals surface area contributed by atoms with Crippen LogP contribution in [0, 0.1) is 6.92 Å². The van der Waals surface area contributed by atoms with Crippen molar-refractivity contribution in [3.05, 3.63) is 11.1 Å². The predicted octanol–water partition coefficient (Wildman–Crippen LogP) is 1.14. The molecule has 0 aromatic carbocycles. The Hall–Kier alpha value is -1.10. The van der Waals surface area contributed by atoms with Gasteiger partial charge in [0.25, 0.3) is 0 Å². The molecule has 2 heterocycles. The molecule has 1 unspecified atom stereocenters. The van der Waals surface area contributed by atoms with Crippen LogP contribution in [0.5, 0.6) is 0 Å². The molecule has 1 amide bonds. The average molecular weight is 211 g/mol. The van der Waals surface area contributed by atoms with Crippen LogP contribution in [0.2, 0.25) is 0 Å². The fourth-order valence-electron chi connectivity index (χ4n) is 1.45. The second-order valence-corrected chi connectivity index (χ2v) is 4.34. The summed E-state index contributed by atoms with van der Waals surface area (Å²) in [7, 11) is 0. The first-order chi connectivity index (χ1) is 6.74. The van der Waals surface area contributed by atoms with Gasteiger partial charge in [0.2, 0.25) is 5.91 Å².